The fourth-order valence-corrected chi connectivity index (χ4v) is 10.1. The van der Waals surface area contributed by atoms with Crippen molar-refractivity contribution < 1.29 is 24.5 Å². The third-order valence-electron chi connectivity index (χ3n) is 15.2. The molecule has 430 valence electrons. The van der Waals surface area contributed by atoms with Crippen molar-refractivity contribution in [3.63, 3.8) is 0 Å². The highest BCUT2D eigenvalue weighted by Crippen LogP contribution is 2.17. The summed E-state index contributed by atoms with van der Waals surface area (Å²) in [4.78, 5) is 24.5. The first kappa shape index (κ1) is 71.1. The van der Waals surface area contributed by atoms with E-state index in [9.17, 15) is 19.8 Å². The average molecular weight is 1030 g/mol. The second-order valence-electron chi connectivity index (χ2n) is 22.5. The number of aliphatic hydroxyl groups is 2. The lowest BCUT2D eigenvalue weighted by Crippen LogP contribution is -2.45. The standard InChI is InChI=1S/C67H127NO5/c1-3-5-7-9-11-13-15-36-41-45-49-53-57-61-67(72)73-62-58-54-50-46-42-38-35-33-31-29-27-25-23-21-19-17-18-20-22-24-26-28-30-32-34-37-40-44-48-52-56-60-66(71)68-64(63-69)65(70)59-55-51-47-43-39-16-14-12-10-8-6-4-2/h19,21,25,27,55,59,64-65,69-70H,3-18,20,22-24,26,28-54,56-58,60-63H2,1-2H3,(H,68,71)/b21-19-,27-25-,59-55+. The van der Waals surface area contributed by atoms with Crippen molar-refractivity contribution >= 4 is 11.9 Å². The number of nitrogens with one attached hydrogen (secondary N) is 1. The van der Waals surface area contributed by atoms with Gasteiger partial charge in [0.1, 0.15) is 0 Å². The van der Waals surface area contributed by atoms with Crippen LogP contribution in [0.15, 0.2) is 36.5 Å². The fourth-order valence-electron chi connectivity index (χ4n) is 10.1. The quantitative estimate of drug-likeness (QED) is 0.0320. The highest BCUT2D eigenvalue weighted by Gasteiger charge is 2.18. The van der Waals surface area contributed by atoms with Crippen LogP contribution in [0.3, 0.4) is 0 Å². The lowest BCUT2D eigenvalue weighted by atomic mass is 10.0. The molecule has 3 N–H and O–H groups in total. The number of hydrogen-bond acceptors (Lipinski definition) is 5. The molecule has 6 heteroatoms. The zero-order valence-corrected chi connectivity index (χ0v) is 49.1. The third-order valence-corrected chi connectivity index (χ3v) is 15.2. The second kappa shape index (κ2) is 62.6. The van der Waals surface area contributed by atoms with Gasteiger partial charge in [0, 0.05) is 12.8 Å². The SMILES string of the molecule is CCCCCCCCCCCC/C=C/C(O)C(CO)NC(=O)CCCCCCCCCCCCCCCCC/C=C\C/C=C\CCCCCCCCCCCOC(=O)CCCCCCCCCCCCCCC. The summed E-state index contributed by atoms with van der Waals surface area (Å²) in [6, 6.07) is -0.626. The molecule has 0 aliphatic carbocycles. The molecule has 73 heavy (non-hydrogen) atoms. The van der Waals surface area contributed by atoms with Gasteiger partial charge >= 0.3 is 5.97 Å². The van der Waals surface area contributed by atoms with Crippen molar-refractivity contribution in [2.24, 2.45) is 0 Å². The number of allylic oxidation sites excluding steroid dienone is 5. The Bertz CT molecular complexity index is 1180. The first-order valence-corrected chi connectivity index (χ1v) is 32.8. The van der Waals surface area contributed by atoms with Crippen LogP contribution < -0.4 is 5.32 Å². The molecule has 0 aromatic carbocycles. The van der Waals surface area contributed by atoms with Gasteiger partial charge in [-0.15, -0.1) is 0 Å². The van der Waals surface area contributed by atoms with Gasteiger partial charge < -0.3 is 20.3 Å². The Hall–Kier alpha value is -1.92. The molecule has 2 atom stereocenters. The van der Waals surface area contributed by atoms with E-state index in [1.807, 2.05) is 6.08 Å². The number of esters is 1. The smallest absolute Gasteiger partial charge is 0.305 e. The predicted octanol–water partition coefficient (Wildman–Crippen LogP) is 20.8. The van der Waals surface area contributed by atoms with Gasteiger partial charge in [0.05, 0.1) is 25.4 Å². The largest absolute Gasteiger partial charge is 0.466 e. The number of ether oxygens (including phenoxy) is 1. The first-order chi connectivity index (χ1) is 36.0. The van der Waals surface area contributed by atoms with Crippen LogP contribution in [0.2, 0.25) is 0 Å². The fraction of sp³-hybridized carbons (Fsp3) is 0.881. The van der Waals surface area contributed by atoms with Crippen LogP contribution in [0.25, 0.3) is 0 Å². The van der Waals surface area contributed by atoms with Crippen molar-refractivity contribution in [1.29, 1.82) is 0 Å². The highest BCUT2D eigenvalue weighted by molar-refractivity contribution is 5.76. The molecule has 0 heterocycles. The molecule has 6 nitrogen and oxygen atoms in total. The Labute approximate surface area is 455 Å². The summed E-state index contributed by atoms with van der Waals surface area (Å²) < 4.78 is 5.48. The first-order valence-electron chi connectivity index (χ1n) is 32.8. The minimum Gasteiger partial charge on any atom is -0.466 e. The number of carbonyl (C=O) groups is 2. The molecule has 1 amide bonds. The molecule has 0 fully saturated rings. The molecule has 0 saturated carbocycles. The Morgan fingerprint density at radius 1 is 0.384 bits per heavy atom. The van der Waals surface area contributed by atoms with E-state index in [1.165, 1.54) is 283 Å². The van der Waals surface area contributed by atoms with Gasteiger partial charge in [0.15, 0.2) is 0 Å². The zero-order valence-electron chi connectivity index (χ0n) is 49.1. The monoisotopic (exact) mass is 1030 g/mol. The van der Waals surface area contributed by atoms with Crippen molar-refractivity contribution in [2.45, 2.75) is 366 Å². The number of unbranched alkanes of at least 4 members (excludes halogenated alkanes) is 46. The molecular formula is C67H127NO5. The number of aliphatic hydroxyl groups excluding tert-OH is 2. The Balaban J connectivity index is 3.39. The minimum absolute atomic E-state index is 0.0145. The molecule has 0 spiro atoms. The van der Waals surface area contributed by atoms with Crippen LogP contribution >= 0.6 is 0 Å². The number of hydrogen-bond donors (Lipinski definition) is 3. The van der Waals surface area contributed by atoms with Gasteiger partial charge in [-0.1, -0.05) is 314 Å². The van der Waals surface area contributed by atoms with Crippen molar-refractivity contribution in [1.82, 2.24) is 5.32 Å². The summed E-state index contributed by atoms with van der Waals surface area (Å²) in [5.41, 5.74) is 0. The molecular weight excluding hydrogens is 899 g/mol. The molecule has 0 aromatic heterocycles. The van der Waals surface area contributed by atoms with Crippen LogP contribution in [-0.4, -0.2) is 47.4 Å². The summed E-state index contributed by atoms with van der Waals surface area (Å²) in [5, 5.41) is 23.1. The lowest BCUT2D eigenvalue weighted by molar-refractivity contribution is -0.143. The van der Waals surface area contributed by atoms with Gasteiger partial charge in [-0.05, 0) is 64.2 Å². The van der Waals surface area contributed by atoms with E-state index < -0.39 is 12.1 Å². The van der Waals surface area contributed by atoms with Crippen LogP contribution in [0.1, 0.15) is 354 Å². The maximum Gasteiger partial charge on any atom is 0.305 e. The van der Waals surface area contributed by atoms with Gasteiger partial charge in [-0.2, -0.15) is 0 Å². The van der Waals surface area contributed by atoms with E-state index in [2.05, 4.69) is 43.5 Å². The van der Waals surface area contributed by atoms with E-state index in [0.29, 0.717) is 19.4 Å². The number of amides is 1. The lowest BCUT2D eigenvalue weighted by Gasteiger charge is -2.20. The van der Waals surface area contributed by atoms with Gasteiger partial charge in [0.25, 0.3) is 0 Å². The second-order valence-corrected chi connectivity index (χ2v) is 22.5. The minimum atomic E-state index is -0.843. The number of rotatable bonds is 61. The summed E-state index contributed by atoms with van der Waals surface area (Å²) in [7, 11) is 0. The van der Waals surface area contributed by atoms with Crippen molar-refractivity contribution in [3.05, 3.63) is 36.5 Å². The van der Waals surface area contributed by atoms with Crippen molar-refractivity contribution in [2.75, 3.05) is 13.2 Å². The van der Waals surface area contributed by atoms with E-state index in [0.717, 1.165) is 44.9 Å². The maximum atomic E-state index is 12.4. The molecule has 0 aliphatic heterocycles. The van der Waals surface area contributed by atoms with E-state index in [4.69, 9.17) is 4.74 Å². The summed E-state index contributed by atoms with van der Waals surface area (Å²) in [5.74, 6) is -0.0527. The molecule has 0 aromatic rings. The van der Waals surface area contributed by atoms with E-state index in [1.54, 1.807) is 6.08 Å². The molecule has 2 unspecified atom stereocenters. The highest BCUT2D eigenvalue weighted by atomic mass is 16.5. The van der Waals surface area contributed by atoms with Gasteiger partial charge in [0.2, 0.25) is 5.91 Å². The van der Waals surface area contributed by atoms with Gasteiger partial charge in [-0.3, -0.25) is 9.59 Å². The third kappa shape index (κ3) is 59.2. The summed E-state index contributed by atoms with van der Waals surface area (Å²) in [6.45, 7) is 4.91. The van der Waals surface area contributed by atoms with Crippen LogP contribution in [0.4, 0.5) is 0 Å². The predicted molar refractivity (Wildman–Crippen MR) is 319 cm³/mol. The van der Waals surface area contributed by atoms with Crippen LogP contribution in [-0.2, 0) is 14.3 Å². The molecule has 0 saturated heterocycles. The zero-order chi connectivity index (χ0) is 52.9. The van der Waals surface area contributed by atoms with Crippen molar-refractivity contribution in [3.8, 4) is 0 Å². The average Bonchev–Trinajstić information content (AvgIpc) is 3.39. The molecule has 0 rings (SSSR count). The Morgan fingerprint density at radius 2 is 0.685 bits per heavy atom. The topological polar surface area (TPSA) is 95.9 Å². The van der Waals surface area contributed by atoms with E-state index in [-0.39, 0.29) is 18.5 Å². The number of carbonyl (C=O) groups excluding carboxylic acids is 2. The molecule has 0 aliphatic rings. The molecule has 0 bridgehead atoms. The Kier molecular flexibility index (Phi) is 61.0. The maximum absolute atomic E-state index is 12.4. The Morgan fingerprint density at radius 3 is 1.04 bits per heavy atom. The molecule has 0 radical (unpaired) electrons. The van der Waals surface area contributed by atoms with Crippen LogP contribution in [0, 0.1) is 0 Å². The normalized spacial score (nSPS) is 12.8. The van der Waals surface area contributed by atoms with E-state index >= 15 is 0 Å². The van der Waals surface area contributed by atoms with Crippen LogP contribution in [0.5, 0.6) is 0 Å². The van der Waals surface area contributed by atoms with Gasteiger partial charge in [-0.25, -0.2) is 0 Å². The summed E-state index contributed by atoms with van der Waals surface area (Å²) in [6.07, 6.45) is 79.2. The summed E-state index contributed by atoms with van der Waals surface area (Å²) >= 11 is 0.